The second kappa shape index (κ2) is 7.72. The van der Waals surface area contributed by atoms with Crippen molar-refractivity contribution < 1.29 is 9.32 Å². The molecule has 0 aliphatic carbocycles. The third kappa shape index (κ3) is 3.85. The number of hydrogen-bond acceptors (Lipinski definition) is 5. The Morgan fingerprint density at radius 1 is 1.45 bits per heavy atom. The van der Waals surface area contributed by atoms with Crippen molar-refractivity contribution in [1.29, 1.82) is 0 Å². The molecule has 6 heteroatoms. The first-order valence-corrected chi connectivity index (χ1v) is 8.45. The predicted molar refractivity (Wildman–Crippen MR) is 84.3 cm³/mol. The lowest BCUT2D eigenvalue weighted by Crippen LogP contribution is -2.51. The fourth-order valence-corrected chi connectivity index (χ4v) is 3.09. The number of amides is 1. The molecule has 22 heavy (non-hydrogen) atoms. The van der Waals surface area contributed by atoms with E-state index < -0.39 is 0 Å². The first kappa shape index (κ1) is 16.9. The Kier molecular flexibility index (Phi) is 5.94. The van der Waals surface area contributed by atoms with E-state index in [1.54, 1.807) is 0 Å². The van der Waals surface area contributed by atoms with Crippen LogP contribution >= 0.6 is 0 Å². The summed E-state index contributed by atoms with van der Waals surface area (Å²) in [6, 6.07) is 0.429. The molecule has 1 fully saturated rings. The van der Waals surface area contributed by atoms with Crippen molar-refractivity contribution in [3.05, 3.63) is 11.7 Å². The van der Waals surface area contributed by atoms with Crippen LogP contribution in [0.4, 0.5) is 0 Å². The minimum Gasteiger partial charge on any atom is -0.342 e. The summed E-state index contributed by atoms with van der Waals surface area (Å²) >= 11 is 0. The molecule has 1 saturated heterocycles. The lowest BCUT2D eigenvalue weighted by atomic mass is 9.89. The molecule has 124 valence electrons. The van der Waals surface area contributed by atoms with E-state index in [0.717, 1.165) is 38.2 Å². The normalized spacial score (nSPS) is 23.5. The quantitative estimate of drug-likeness (QED) is 0.873. The number of nitrogens with zero attached hydrogens (tertiary/aromatic N) is 3. The molecule has 1 aromatic rings. The third-order valence-corrected chi connectivity index (χ3v) is 4.55. The van der Waals surface area contributed by atoms with Crippen molar-refractivity contribution in [2.45, 2.75) is 65.5 Å². The zero-order valence-electron chi connectivity index (χ0n) is 14.1. The van der Waals surface area contributed by atoms with Gasteiger partial charge in [0.1, 0.15) is 0 Å². The highest BCUT2D eigenvalue weighted by Gasteiger charge is 2.31. The molecule has 0 bridgehead atoms. The van der Waals surface area contributed by atoms with Gasteiger partial charge in [-0.2, -0.15) is 4.98 Å². The minimum atomic E-state index is 0.0419. The van der Waals surface area contributed by atoms with Gasteiger partial charge in [0.05, 0.1) is 6.04 Å². The average Bonchev–Trinajstić information content (AvgIpc) is 3.03. The Morgan fingerprint density at radius 3 is 2.82 bits per heavy atom. The molecular weight excluding hydrogens is 280 g/mol. The molecule has 2 heterocycles. The Labute approximate surface area is 132 Å². The number of rotatable bonds is 6. The highest BCUT2D eigenvalue weighted by Crippen LogP contribution is 2.23. The fraction of sp³-hybridized carbons (Fsp3) is 0.812. The number of nitrogens with one attached hydrogen (secondary N) is 1. The summed E-state index contributed by atoms with van der Waals surface area (Å²) in [5.41, 5.74) is 0. The molecule has 6 nitrogen and oxygen atoms in total. The topological polar surface area (TPSA) is 71.3 Å². The third-order valence-electron chi connectivity index (χ3n) is 4.55. The van der Waals surface area contributed by atoms with Crippen molar-refractivity contribution in [3.63, 3.8) is 0 Å². The van der Waals surface area contributed by atoms with Crippen LogP contribution in [0.2, 0.25) is 0 Å². The second-order valence-corrected chi connectivity index (χ2v) is 6.05. The van der Waals surface area contributed by atoms with Crippen LogP contribution in [-0.4, -0.2) is 40.1 Å². The number of likely N-dealkylation sites (tertiary alicyclic amines) is 1. The lowest BCUT2D eigenvalue weighted by Gasteiger charge is -2.39. The number of carbonyl (C=O) groups excluding carboxylic acids is 1. The Balaban J connectivity index is 1.95. The molecule has 0 saturated carbocycles. The first-order valence-electron chi connectivity index (χ1n) is 8.45. The van der Waals surface area contributed by atoms with Crippen LogP contribution in [0.3, 0.4) is 0 Å². The molecule has 1 aliphatic heterocycles. The summed E-state index contributed by atoms with van der Waals surface area (Å²) < 4.78 is 5.32. The number of aromatic nitrogens is 2. The standard InChI is InChI=1S/C16H28N4O2/c1-5-12-10-20(15(21)7-3)9-8-13(12)17-11(4)16-18-14(6-2)19-22-16/h11-13,17H,5-10H2,1-4H3/t11-,12-,13+/m1/s1. The van der Waals surface area contributed by atoms with E-state index in [-0.39, 0.29) is 11.9 Å². The zero-order chi connectivity index (χ0) is 16.1. The molecule has 0 spiro atoms. The Morgan fingerprint density at radius 2 is 2.23 bits per heavy atom. The summed E-state index contributed by atoms with van der Waals surface area (Å²) in [5, 5.41) is 7.57. The van der Waals surface area contributed by atoms with E-state index in [1.165, 1.54) is 0 Å². The summed E-state index contributed by atoms with van der Waals surface area (Å²) in [6.07, 6.45) is 3.41. The van der Waals surface area contributed by atoms with E-state index in [2.05, 4.69) is 29.3 Å². The van der Waals surface area contributed by atoms with Gasteiger partial charge in [-0.25, -0.2) is 0 Å². The summed E-state index contributed by atoms with van der Waals surface area (Å²) in [4.78, 5) is 18.3. The molecule has 0 unspecified atom stereocenters. The monoisotopic (exact) mass is 308 g/mol. The van der Waals surface area contributed by atoms with E-state index >= 15 is 0 Å². The molecule has 2 rings (SSSR count). The van der Waals surface area contributed by atoms with Gasteiger partial charge in [-0.05, 0) is 19.3 Å². The van der Waals surface area contributed by atoms with Gasteiger partial charge < -0.3 is 14.7 Å². The van der Waals surface area contributed by atoms with E-state index in [9.17, 15) is 4.79 Å². The number of piperidine rings is 1. The van der Waals surface area contributed by atoms with Gasteiger partial charge in [-0.1, -0.05) is 32.3 Å². The minimum absolute atomic E-state index is 0.0419. The van der Waals surface area contributed by atoms with Crippen LogP contribution in [0.15, 0.2) is 4.52 Å². The van der Waals surface area contributed by atoms with Crippen molar-refractivity contribution in [1.82, 2.24) is 20.4 Å². The SMILES string of the molecule is CCC(=O)N1CC[C@H](N[C@H](C)c2nc(CC)no2)[C@H](CC)C1. The molecule has 3 atom stereocenters. The highest BCUT2D eigenvalue weighted by molar-refractivity contribution is 5.75. The highest BCUT2D eigenvalue weighted by atomic mass is 16.5. The molecular formula is C16H28N4O2. The van der Waals surface area contributed by atoms with Gasteiger partial charge >= 0.3 is 0 Å². The van der Waals surface area contributed by atoms with Crippen LogP contribution < -0.4 is 5.32 Å². The van der Waals surface area contributed by atoms with Gasteiger partial charge in [0.15, 0.2) is 5.82 Å². The molecule has 1 N–H and O–H groups in total. The molecule has 0 radical (unpaired) electrons. The summed E-state index contributed by atoms with van der Waals surface area (Å²) in [7, 11) is 0. The van der Waals surface area contributed by atoms with Gasteiger partial charge in [0, 0.05) is 32.0 Å². The van der Waals surface area contributed by atoms with Gasteiger partial charge in [-0.15, -0.1) is 0 Å². The van der Waals surface area contributed by atoms with Gasteiger partial charge in [0.2, 0.25) is 11.8 Å². The molecule has 0 aromatic carbocycles. The Hall–Kier alpha value is -1.43. The molecule has 1 aromatic heterocycles. The van der Waals surface area contributed by atoms with Crippen LogP contribution in [0.5, 0.6) is 0 Å². The van der Waals surface area contributed by atoms with Crippen molar-refractivity contribution in [2.24, 2.45) is 5.92 Å². The number of hydrogen-bond donors (Lipinski definition) is 1. The molecule has 1 amide bonds. The zero-order valence-corrected chi connectivity index (χ0v) is 14.1. The van der Waals surface area contributed by atoms with Crippen LogP contribution in [0, 0.1) is 5.92 Å². The fourth-order valence-electron chi connectivity index (χ4n) is 3.09. The summed E-state index contributed by atoms with van der Waals surface area (Å²) in [5.74, 6) is 2.13. The summed E-state index contributed by atoms with van der Waals surface area (Å²) in [6.45, 7) is 9.86. The van der Waals surface area contributed by atoms with Gasteiger partial charge in [0.25, 0.3) is 0 Å². The van der Waals surface area contributed by atoms with Crippen LogP contribution in [0.25, 0.3) is 0 Å². The largest absolute Gasteiger partial charge is 0.342 e. The maximum absolute atomic E-state index is 11.9. The maximum atomic E-state index is 11.9. The molecule has 1 aliphatic rings. The first-order chi connectivity index (χ1) is 10.6. The van der Waals surface area contributed by atoms with E-state index in [0.29, 0.717) is 24.3 Å². The number of aryl methyl sites for hydroxylation is 1. The van der Waals surface area contributed by atoms with E-state index in [1.807, 2.05) is 18.7 Å². The maximum Gasteiger partial charge on any atom is 0.243 e. The van der Waals surface area contributed by atoms with Crippen LogP contribution in [0.1, 0.15) is 64.7 Å². The number of carbonyl (C=O) groups is 1. The average molecular weight is 308 g/mol. The van der Waals surface area contributed by atoms with Gasteiger partial charge in [-0.3, -0.25) is 4.79 Å². The smallest absolute Gasteiger partial charge is 0.243 e. The van der Waals surface area contributed by atoms with Crippen molar-refractivity contribution >= 4 is 5.91 Å². The van der Waals surface area contributed by atoms with E-state index in [4.69, 9.17) is 4.52 Å². The van der Waals surface area contributed by atoms with Crippen molar-refractivity contribution in [3.8, 4) is 0 Å². The van der Waals surface area contributed by atoms with Crippen LogP contribution in [-0.2, 0) is 11.2 Å². The predicted octanol–water partition coefficient (Wildman–Crippen LogP) is 2.32. The second-order valence-electron chi connectivity index (χ2n) is 6.05. The lowest BCUT2D eigenvalue weighted by molar-refractivity contribution is -0.133. The van der Waals surface area contributed by atoms with Crippen molar-refractivity contribution in [2.75, 3.05) is 13.1 Å². The Bertz CT molecular complexity index is 488.